The summed E-state index contributed by atoms with van der Waals surface area (Å²) in [6.45, 7) is 0.595. The van der Waals surface area contributed by atoms with Gasteiger partial charge in [-0.05, 0) is 24.6 Å². The van der Waals surface area contributed by atoms with Crippen LogP contribution < -0.4 is 5.32 Å². The van der Waals surface area contributed by atoms with Crippen molar-refractivity contribution in [1.29, 1.82) is 0 Å². The molecule has 0 spiro atoms. The van der Waals surface area contributed by atoms with Crippen molar-refractivity contribution in [2.75, 3.05) is 13.6 Å². The van der Waals surface area contributed by atoms with E-state index < -0.39 is 0 Å². The zero-order valence-electron chi connectivity index (χ0n) is 12.3. The van der Waals surface area contributed by atoms with Crippen LogP contribution in [0.5, 0.6) is 0 Å². The van der Waals surface area contributed by atoms with Crippen molar-refractivity contribution in [3.63, 3.8) is 0 Å². The molecule has 1 atom stereocenters. The van der Waals surface area contributed by atoms with Crippen molar-refractivity contribution < 1.29 is 9.59 Å². The van der Waals surface area contributed by atoms with Crippen molar-refractivity contribution in [3.05, 3.63) is 52.8 Å². The first-order valence-corrected chi connectivity index (χ1v) is 8.06. The lowest BCUT2D eigenvalue weighted by atomic mass is 10.1. The summed E-state index contributed by atoms with van der Waals surface area (Å²) in [7, 11) is 2.03. The number of likely N-dealkylation sites (N-methyl/N-ethyl adjacent to an activating group) is 1. The van der Waals surface area contributed by atoms with Crippen molar-refractivity contribution in [1.82, 2.24) is 15.2 Å². The molecule has 1 saturated heterocycles. The summed E-state index contributed by atoms with van der Waals surface area (Å²) in [6, 6.07) is 3.39. The monoisotopic (exact) mass is 315 g/mol. The van der Waals surface area contributed by atoms with E-state index in [2.05, 4.69) is 15.2 Å². The van der Waals surface area contributed by atoms with Crippen molar-refractivity contribution in [2.24, 2.45) is 0 Å². The molecule has 0 radical (unpaired) electrons. The normalized spacial score (nSPS) is 20.3. The molecule has 3 rings (SSSR count). The van der Waals surface area contributed by atoms with E-state index in [1.165, 1.54) is 0 Å². The number of ketones is 1. The number of carbonyl (C=O) groups is 2. The van der Waals surface area contributed by atoms with Crippen molar-refractivity contribution in [2.45, 2.75) is 18.2 Å². The van der Waals surface area contributed by atoms with E-state index in [1.54, 1.807) is 42.4 Å². The quantitative estimate of drug-likeness (QED) is 0.920. The number of aromatic nitrogens is 1. The average Bonchev–Trinajstić information content (AvgIpc) is 2.83. The van der Waals surface area contributed by atoms with E-state index in [9.17, 15) is 9.59 Å². The summed E-state index contributed by atoms with van der Waals surface area (Å²) in [5.74, 6) is 0.0744. The summed E-state index contributed by atoms with van der Waals surface area (Å²) < 4.78 is 0. The molecule has 1 N–H and O–H groups in total. The third kappa shape index (κ3) is 3.06. The molecule has 2 aliphatic rings. The molecule has 22 heavy (non-hydrogen) atoms. The van der Waals surface area contributed by atoms with Crippen LogP contribution in [0.2, 0.25) is 0 Å². The van der Waals surface area contributed by atoms with Crippen LogP contribution in [0.15, 0.2) is 47.3 Å². The Morgan fingerprint density at radius 2 is 2.23 bits per heavy atom. The van der Waals surface area contributed by atoms with E-state index in [1.807, 2.05) is 13.1 Å². The zero-order valence-corrected chi connectivity index (χ0v) is 13.1. The van der Waals surface area contributed by atoms with E-state index in [-0.39, 0.29) is 17.1 Å². The Morgan fingerprint density at radius 3 is 3.00 bits per heavy atom. The Morgan fingerprint density at radius 1 is 1.45 bits per heavy atom. The second-order valence-electron chi connectivity index (χ2n) is 5.23. The van der Waals surface area contributed by atoms with Crippen LogP contribution in [0, 0.1) is 0 Å². The molecule has 0 bridgehead atoms. The second-order valence-corrected chi connectivity index (χ2v) is 6.45. The van der Waals surface area contributed by atoms with Gasteiger partial charge in [0.1, 0.15) is 0 Å². The maximum atomic E-state index is 12.0. The van der Waals surface area contributed by atoms with Gasteiger partial charge in [0, 0.05) is 48.6 Å². The molecule has 0 saturated carbocycles. The highest BCUT2D eigenvalue weighted by atomic mass is 32.2. The zero-order chi connectivity index (χ0) is 15.5. The lowest BCUT2D eigenvalue weighted by molar-refractivity contribution is -0.114. The van der Waals surface area contributed by atoms with E-state index >= 15 is 0 Å². The Kier molecular flexibility index (Phi) is 4.29. The number of carbonyl (C=O) groups excluding carboxylic acids is 2. The summed E-state index contributed by atoms with van der Waals surface area (Å²) in [4.78, 5) is 30.6. The molecule has 5 nitrogen and oxygen atoms in total. The highest BCUT2D eigenvalue weighted by Gasteiger charge is 2.31. The van der Waals surface area contributed by atoms with Gasteiger partial charge in [-0.15, -0.1) is 0 Å². The van der Waals surface area contributed by atoms with Crippen LogP contribution in [0.4, 0.5) is 0 Å². The van der Waals surface area contributed by atoms with Gasteiger partial charge in [-0.25, -0.2) is 0 Å². The maximum absolute atomic E-state index is 12.0. The summed E-state index contributed by atoms with van der Waals surface area (Å²) >= 11 is 1.69. The molecule has 0 aromatic carbocycles. The first kappa shape index (κ1) is 14.8. The number of fused-ring (bicyclic) bond motifs is 1. The highest BCUT2D eigenvalue weighted by molar-refractivity contribution is 8.04. The van der Waals surface area contributed by atoms with E-state index in [0.717, 1.165) is 17.0 Å². The van der Waals surface area contributed by atoms with E-state index in [0.29, 0.717) is 18.5 Å². The second kappa shape index (κ2) is 6.36. The number of nitrogens with one attached hydrogen (secondary N) is 1. The van der Waals surface area contributed by atoms with Crippen molar-refractivity contribution >= 4 is 23.5 Å². The molecular formula is C16H17N3O2S. The standard InChI is InChI=1S/C16H17N3O2S/c1-19-13-3-2-12(20)10-14(13)22-15(19)6-9-18-16(21)11-4-7-17-8-5-11/h3-5,7-8,10,15H,2,6,9H2,1H3,(H,18,21). The van der Waals surface area contributed by atoms with Crippen LogP contribution in [0.3, 0.4) is 0 Å². The molecule has 1 unspecified atom stereocenters. The lowest BCUT2D eigenvalue weighted by Crippen LogP contribution is -2.30. The van der Waals surface area contributed by atoms with Gasteiger partial charge in [-0.3, -0.25) is 14.6 Å². The smallest absolute Gasteiger partial charge is 0.251 e. The van der Waals surface area contributed by atoms with Gasteiger partial charge in [-0.1, -0.05) is 17.8 Å². The number of allylic oxidation sites excluding steroid dienone is 2. The maximum Gasteiger partial charge on any atom is 0.251 e. The van der Waals surface area contributed by atoms with Gasteiger partial charge in [0.25, 0.3) is 5.91 Å². The van der Waals surface area contributed by atoms with Crippen LogP contribution >= 0.6 is 11.8 Å². The third-order valence-corrected chi connectivity index (χ3v) is 5.14. The highest BCUT2D eigenvalue weighted by Crippen LogP contribution is 2.43. The summed E-state index contributed by atoms with van der Waals surface area (Å²) in [5, 5.41) is 3.17. The van der Waals surface area contributed by atoms with Gasteiger partial charge >= 0.3 is 0 Å². The number of thioether (sulfide) groups is 1. The average molecular weight is 315 g/mol. The minimum Gasteiger partial charge on any atom is -0.362 e. The molecule has 1 fully saturated rings. The Balaban J connectivity index is 1.54. The first-order chi connectivity index (χ1) is 10.6. The predicted molar refractivity (Wildman–Crippen MR) is 86.1 cm³/mol. The molecule has 6 heteroatoms. The van der Waals surface area contributed by atoms with Gasteiger partial charge in [0.2, 0.25) is 0 Å². The molecule has 1 aromatic heterocycles. The van der Waals surface area contributed by atoms with Gasteiger partial charge < -0.3 is 10.2 Å². The Hall–Kier alpha value is -2.08. The molecule has 114 valence electrons. The number of hydrogen-bond acceptors (Lipinski definition) is 5. The van der Waals surface area contributed by atoms with Gasteiger partial charge in [0.15, 0.2) is 5.78 Å². The fourth-order valence-electron chi connectivity index (χ4n) is 2.54. The van der Waals surface area contributed by atoms with Crippen molar-refractivity contribution in [3.8, 4) is 0 Å². The minimum absolute atomic E-state index is 0.0842. The molecule has 2 heterocycles. The Labute approximate surface area is 133 Å². The van der Waals surface area contributed by atoms with Gasteiger partial charge in [0.05, 0.1) is 5.37 Å². The number of pyridine rings is 1. The van der Waals surface area contributed by atoms with Crippen LogP contribution in [0.1, 0.15) is 23.2 Å². The fourth-order valence-corrected chi connectivity index (χ4v) is 3.89. The number of hydrogen-bond donors (Lipinski definition) is 1. The third-order valence-electron chi connectivity index (χ3n) is 3.74. The molecule has 1 aromatic rings. The summed E-state index contributed by atoms with van der Waals surface area (Å²) in [6.07, 6.45) is 8.23. The van der Waals surface area contributed by atoms with Gasteiger partial charge in [-0.2, -0.15) is 0 Å². The topological polar surface area (TPSA) is 62.3 Å². The molecule has 1 amide bonds. The Bertz CT molecular complexity index is 655. The van der Waals surface area contributed by atoms with Crippen LogP contribution in [-0.4, -0.2) is 40.5 Å². The van der Waals surface area contributed by atoms with E-state index in [4.69, 9.17) is 0 Å². The number of amides is 1. The lowest BCUT2D eigenvalue weighted by Gasteiger charge is -2.21. The van der Waals surface area contributed by atoms with Crippen LogP contribution in [0.25, 0.3) is 0 Å². The molecule has 1 aliphatic heterocycles. The SMILES string of the molecule is CN1C2=CCC(=O)C=C2SC1CCNC(=O)c1ccncc1. The minimum atomic E-state index is -0.0842. The van der Waals surface area contributed by atoms with Crippen LogP contribution in [-0.2, 0) is 4.79 Å². The molecular weight excluding hydrogens is 298 g/mol. The molecule has 1 aliphatic carbocycles. The number of nitrogens with zero attached hydrogens (tertiary/aromatic N) is 2. The largest absolute Gasteiger partial charge is 0.362 e. The fraction of sp³-hybridized carbons (Fsp3) is 0.312. The number of rotatable bonds is 4. The first-order valence-electron chi connectivity index (χ1n) is 7.18. The summed E-state index contributed by atoms with van der Waals surface area (Å²) in [5.41, 5.74) is 1.75. The predicted octanol–water partition coefficient (Wildman–Crippen LogP) is 1.95.